The molecule has 0 radical (unpaired) electrons. The van der Waals surface area contributed by atoms with Crippen molar-refractivity contribution in [1.82, 2.24) is 5.32 Å². The molecule has 1 amide bonds. The number of ether oxygens (including phenoxy) is 1. The molecule has 0 heterocycles. The molecule has 0 bridgehead atoms. The number of amides is 1. The summed E-state index contributed by atoms with van der Waals surface area (Å²) in [4.78, 5) is 21.6. The van der Waals surface area contributed by atoms with Crippen molar-refractivity contribution in [2.24, 2.45) is 0 Å². The molecule has 1 unspecified atom stereocenters. The van der Waals surface area contributed by atoms with Gasteiger partial charge in [0.15, 0.2) is 0 Å². The van der Waals surface area contributed by atoms with Gasteiger partial charge in [-0.1, -0.05) is 6.92 Å². The summed E-state index contributed by atoms with van der Waals surface area (Å²) in [6, 6.07) is -1.23. The third-order valence-electron chi connectivity index (χ3n) is 1.64. The van der Waals surface area contributed by atoms with E-state index in [0.29, 0.717) is 6.61 Å². The van der Waals surface area contributed by atoms with Crippen LogP contribution in [0.5, 0.6) is 0 Å². The Morgan fingerprint density at radius 2 is 2.07 bits per heavy atom. The Morgan fingerprint density at radius 3 is 2.53 bits per heavy atom. The molecule has 15 heavy (non-hydrogen) atoms. The molecule has 0 saturated heterocycles. The summed E-state index contributed by atoms with van der Waals surface area (Å²) in [5.74, 6) is -1.69. The maximum absolute atomic E-state index is 11.1. The van der Waals surface area contributed by atoms with E-state index in [-0.39, 0.29) is 13.0 Å². The maximum Gasteiger partial charge on any atom is 0.328 e. The summed E-state index contributed by atoms with van der Waals surface area (Å²) >= 11 is 0. The first-order chi connectivity index (χ1) is 7.11. The Morgan fingerprint density at radius 1 is 1.40 bits per heavy atom. The van der Waals surface area contributed by atoms with Gasteiger partial charge in [-0.2, -0.15) is 0 Å². The van der Waals surface area contributed by atoms with Crippen molar-refractivity contribution in [1.29, 1.82) is 0 Å². The lowest BCUT2D eigenvalue weighted by molar-refractivity contribution is -0.143. The molecule has 6 heteroatoms. The lowest BCUT2D eigenvalue weighted by Crippen LogP contribution is -2.43. The van der Waals surface area contributed by atoms with Crippen LogP contribution in [0.25, 0.3) is 0 Å². The number of nitrogens with one attached hydrogen (secondary N) is 1. The van der Waals surface area contributed by atoms with Crippen LogP contribution in [0.3, 0.4) is 0 Å². The molecule has 88 valence electrons. The largest absolute Gasteiger partial charge is 0.480 e. The van der Waals surface area contributed by atoms with Crippen LogP contribution >= 0.6 is 0 Å². The van der Waals surface area contributed by atoms with Crippen LogP contribution in [0, 0.1) is 0 Å². The number of aliphatic hydroxyl groups excluding tert-OH is 1. The van der Waals surface area contributed by atoms with E-state index < -0.39 is 24.5 Å². The summed E-state index contributed by atoms with van der Waals surface area (Å²) in [6.45, 7) is 2.18. The number of hydrogen-bond donors (Lipinski definition) is 3. The second kappa shape index (κ2) is 8.19. The van der Waals surface area contributed by atoms with Crippen LogP contribution < -0.4 is 5.32 Å². The third-order valence-corrected chi connectivity index (χ3v) is 1.64. The SMILES string of the molecule is CCCOCCC(=O)NC(CO)C(=O)O. The zero-order valence-corrected chi connectivity index (χ0v) is 8.73. The Hall–Kier alpha value is -1.14. The average molecular weight is 219 g/mol. The van der Waals surface area contributed by atoms with Crippen molar-refractivity contribution in [3.8, 4) is 0 Å². The predicted molar refractivity (Wildman–Crippen MR) is 52.4 cm³/mol. The smallest absolute Gasteiger partial charge is 0.328 e. The Kier molecular flexibility index (Phi) is 7.57. The van der Waals surface area contributed by atoms with Crippen molar-refractivity contribution >= 4 is 11.9 Å². The highest BCUT2D eigenvalue weighted by molar-refractivity contribution is 5.83. The number of aliphatic hydroxyl groups is 1. The second-order valence-electron chi connectivity index (χ2n) is 3.00. The average Bonchev–Trinajstić information content (AvgIpc) is 2.20. The molecule has 0 aliphatic rings. The maximum atomic E-state index is 11.1. The van der Waals surface area contributed by atoms with E-state index in [9.17, 15) is 9.59 Å². The quantitative estimate of drug-likeness (QED) is 0.472. The Bertz CT molecular complexity index is 207. The monoisotopic (exact) mass is 219 g/mol. The molecular weight excluding hydrogens is 202 g/mol. The van der Waals surface area contributed by atoms with E-state index in [1.807, 2.05) is 6.92 Å². The first kappa shape index (κ1) is 13.9. The van der Waals surface area contributed by atoms with Crippen LogP contribution in [-0.2, 0) is 14.3 Å². The van der Waals surface area contributed by atoms with Gasteiger partial charge in [0.2, 0.25) is 5.91 Å². The van der Waals surface area contributed by atoms with Gasteiger partial charge < -0.3 is 20.3 Å². The molecule has 0 fully saturated rings. The van der Waals surface area contributed by atoms with Gasteiger partial charge >= 0.3 is 5.97 Å². The van der Waals surface area contributed by atoms with Crippen molar-refractivity contribution < 1.29 is 24.5 Å². The minimum absolute atomic E-state index is 0.101. The summed E-state index contributed by atoms with van der Waals surface area (Å²) in [5, 5.41) is 19.3. The summed E-state index contributed by atoms with van der Waals surface area (Å²) in [6.07, 6.45) is 0.972. The van der Waals surface area contributed by atoms with Gasteiger partial charge in [-0.3, -0.25) is 4.79 Å². The van der Waals surface area contributed by atoms with Gasteiger partial charge in [-0.15, -0.1) is 0 Å². The van der Waals surface area contributed by atoms with E-state index in [4.69, 9.17) is 14.9 Å². The minimum Gasteiger partial charge on any atom is -0.480 e. The Balaban J connectivity index is 3.67. The highest BCUT2D eigenvalue weighted by Gasteiger charge is 2.17. The summed E-state index contributed by atoms with van der Waals surface area (Å²) < 4.78 is 5.06. The van der Waals surface area contributed by atoms with Crippen molar-refractivity contribution in [2.45, 2.75) is 25.8 Å². The molecule has 0 aliphatic carbocycles. The number of carbonyl (C=O) groups is 2. The van der Waals surface area contributed by atoms with Gasteiger partial charge in [0.1, 0.15) is 6.04 Å². The lowest BCUT2D eigenvalue weighted by Gasteiger charge is -2.11. The molecule has 1 atom stereocenters. The fourth-order valence-electron chi connectivity index (χ4n) is 0.863. The first-order valence-corrected chi connectivity index (χ1v) is 4.82. The molecule has 0 spiro atoms. The van der Waals surface area contributed by atoms with Gasteiger partial charge in [0.25, 0.3) is 0 Å². The van der Waals surface area contributed by atoms with E-state index in [2.05, 4.69) is 5.32 Å². The van der Waals surface area contributed by atoms with Crippen LogP contribution in [0.2, 0.25) is 0 Å². The van der Waals surface area contributed by atoms with Gasteiger partial charge in [0, 0.05) is 13.0 Å². The van der Waals surface area contributed by atoms with E-state index >= 15 is 0 Å². The van der Waals surface area contributed by atoms with Crippen LogP contribution in [-0.4, -0.2) is 48.0 Å². The number of rotatable bonds is 8. The van der Waals surface area contributed by atoms with Gasteiger partial charge in [0.05, 0.1) is 13.2 Å². The summed E-state index contributed by atoms with van der Waals surface area (Å²) in [7, 11) is 0. The fraction of sp³-hybridized carbons (Fsp3) is 0.778. The zero-order valence-electron chi connectivity index (χ0n) is 8.73. The summed E-state index contributed by atoms with van der Waals surface area (Å²) in [5.41, 5.74) is 0. The van der Waals surface area contributed by atoms with Crippen LogP contribution in [0.4, 0.5) is 0 Å². The van der Waals surface area contributed by atoms with E-state index in [1.165, 1.54) is 0 Å². The number of carbonyl (C=O) groups excluding carboxylic acids is 1. The normalized spacial score (nSPS) is 12.1. The molecule has 0 aliphatic heterocycles. The van der Waals surface area contributed by atoms with E-state index in [1.54, 1.807) is 0 Å². The first-order valence-electron chi connectivity index (χ1n) is 4.82. The highest BCUT2D eigenvalue weighted by Crippen LogP contribution is 1.88. The van der Waals surface area contributed by atoms with Gasteiger partial charge in [-0.25, -0.2) is 4.79 Å². The molecule has 0 aromatic carbocycles. The second-order valence-corrected chi connectivity index (χ2v) is 3.00. The third kappa shape index (κ3) is 6.87. The number of carboxylic acid groups (broad SMARTS) is 1. The fourth-order valence-corrected chi connectivity index (χ4v) is 0.863. The predicted octanol–water partition coefficient (Wildman–Crippen LogP) is -0.635. The molecule has 0 aromatic rings. The molecule has 6 nitrogen and oxygen atoms in total. The number of aliphatic carboxylic acids is 1. The molecule has 0 saturated carbocycles. The number of hydrogen-bond acceptors (Lipinski definition) is 4. The van der Waals surface area contributed by atoms with E-state index in [0.717, 1.165) is 6.42 Å². The topological polar surface area (TPSA) is 95.9 Å². The standard InChI is InChI=1S/C9H17NO5/c1-2-4-15-5-3-8(12)10-7(6-11)9(13)14/h7,11H,2-6H2,1H3,(H,10,12)(H,13,14). The molecule has 0 aromatic heterocycles. The molecule has 3 N–H and O–H groups in total. The van der Waals surface area contributed by atoms with Crippen LogP contribution in [0.1, 0.15) is 19.8 Å². The number of carboxylic acids is 1. The molecule has 0 rings (SSSR count). The van der Waals surface area contributed by atoms with Crippen molar-refractivity contribution in [3.63, 3.8) is 0 Å². The Labute approximate surface area is 88.2 Å². The van der Waals surface area contributed by atoms with Crippen molar-refractivity contribution in [2.75, 3.05) is 19.8 Å². The van der Waals surface area contributed by atoms with Crippen LogP contribution in [0.15, 0.2) is 0 Å². The minimum atomic E-state index is -1.25. The van der Waals surface area contributed by atoms with Gasteiger partial charge in [-0.05, 0) is 6.42 Å². The molecular formula is C9H17NO5. The van der Waals surface area contributed by atoms with Crippen molar-refractivity contribution in [3.05, 3.63) is 0 Å². The zero-order chi connectivity index (χ0) is 11.7. The highest BCUT2D eigenvalue weighted by atomic mass is 16.5. The lowest BCUT2D eigenvalue weighted by atomic mass is 10.3.